The number of carbonyl (C=O) groups is 1. The number of alkyl halides is 3. The Morgan fingerprint density at radius 3 is 2.78 bits per heavy atom. The van der Waals surface area contributed by atoms with Crippen molar-refractivity contribution in [1.29, 1.82) is 0 Å². The molecule has 0 aromatic carbocycles. The average Bonchev–Trinajstić information content (AvgIpc) is 2.95. The zero-order valence-electron chi connectivity index (χ0n) is 12.1. The molecule has 1 aromatic heterocycles. The Bertz CT molecular complexity index is 498. The van der Waals surface area contributed by atoms with Gasteiger partial charge in [0.1, 0.15) is 5.56 Å². The summed E-state index contributed by atoms with van der Waals surface area (Å²) in [6.07, 6.45) is -1.18. The van der Waals surface area contributed by atoms with E-state index in [1.165, 1.54) is 18.3 Å². The molecule has 2 rings (SSSR count). The largest absolute Gasteiger partial charge is 0.467 e. The van der Waals surface area contributed by atoms with Crippen LogP contribution in [0.2, 0.25) is 0 Å². The third-order valence-corrected chi connectivity index (χ3v) is 3.06. The average molecular weight is 376 g/mol. The standard InChI is InChI=1S/C13H16F3N3O2.2ClH/c14-13(15,16)8-21-12-10(4-2-6-18-12)11(20)19-7-9-3-1-5-17-9;;/h2,4,6,9,17H,1,3,5,7-8H2,(H,19,20);2*1H. The third-order valence-electron chi connectivity index (χ3n) is 3.06. The molecule has 2 N–H and O–H groups in total. The Morgan fingerprint density at radius 1 is 1.43 bits per heavy atom. The van der Waals surface area contributed by atoms with E-state index < -0.39 is 18.7 Å². The number of hydrogen-bond donors (Lipinski definition) is 2. The van der Waals surface area contributed by atoms with E-state index in [9.17, 15) is 18.0 Å². The highest BCUT2D eigenvalue weighted by atomic mass is 35.5. The first-order valence-corrected chi connectivity index (χ1v) is 6.62. The van der Waals surface area contributed by atoms with Crippen LogP contribution in [0.15, 0.2) is 18.3 Å². The number of hydrogen-bond acceptors (Lipinski definition) is 4. The Balaban J connectivity index is 0.00000242. The maximum absolute atomic E-state index is 12.2. The summed E-state index contributed by atoms with van der Waals surface area (Å²) in [7, 11) is 0. The Labute approximate surface area is 144 Å². The second kappa shape index (κ2) is 9.79. The molecule has 23 heavy (non-hydrogen) atoms. The monoisotopic (exact) mass is 375 g/mol. The number of pyridine rings is 1. The first-order chi connectivity index (χ1) is 9.96. The van der Waals surface area contributed by atoms with Gasteiger partial charge in [-0.3, -0.25) is 4.79 Å². The lowest BCUT2D eigenvalue weighted by molar-refractivity contribution is -0.154. The fourth-order valence-corrected chi connectivity index (χ4v) is 2.07. The zero-order valence-corrected chi connectivity index (χ0v) is 13.7. The summed E-state index contributed by atoms with van der Waals surface area (Å²) in [5, 5.41) is 5.89. The molecule has 0 spiro atoms. The predicted molar refractivity (Wildman–Crippen MR) is 83.6 cm³/mol. The minimum absolute atomic E-state index is 0. The fraction of sp³-hybridized carbons (Fsp3) is 0.538. The highest BCUT2D eigenvalue weighted by Crippen LogP contribution is 2.20. The van der Waals surface area contributed by atoms with Gasteiger partial charge < -0.3 is 15.4 Å². The molecule has 10 heteroatoms. The smallest absolute Gasteiger partial charge is 0.422 e. The molecular formula is C13H18Cl2F3N3O2. The van der Waals surface area contributed by atoms with E-state index in [1.807, 2.05) is 0 Å². The number of nitrogens with one attached hydrogen (secondary N) is 2. The highest BCUT2D eigenvalue weighted by molar-refractivity contribution is 5.96. The van der Waals surface area contributed by atoms with Crippen molar-refractivity contribution in [2.45, 2.75) is 25.1 Å². The van der Waals surface area contributed by atoms with Gasteiger partial charge in [-0.05, 0) is 31.5 Å². The van der Waals surface area contributed by atoms with Gasteiger partial charge in [-0.1, -0.05) is 0 Å². The van der Waals surface area contributed by atoms with Crippen molar-refractivity contribution in [3.05, 3.63) is 23.9 Å². The maximum atomic E-state index is 12.2. The Kier molecular flexibility index (Phi) is 9.26. The molecule has 1 aliphatic rings. The van der Waals surface area contributed by atoms with Gasteiger partial charge in [0, 0.05) is 18.8 Å². The van der Waals surface area contributed by atoms with Gasteiger partial charge >= 0.3 is 6.18 Å². The molecule has 0 saturated carbocycles. The Morgan fingerprint density at radius 2 is 2.17 bits per heavy atom. The van der Waals surface area contributed by atoms with E-state index in [0.29, 0.717) is 6.54 Å². The summed E-state index contributed by atoms with van der Waals surface area (Å²) in [5.41, 5.74) is -0.000234. The molecule has 1 aliphatic heterocycles. The minimum Gasteiger partial charge on any atom is -0.467 e. The molecule has 1 saturated heterocycles. The van der Waals surface area contributed by atoms with Crippen LogP contribution in [-0.2, 0) is 0 Å². The SMILES string of the molecule is Cl.Cl.O=C(NCC1CCCN1)c1cccnc1OCC(F)(F)F. The number of ether oxygens (including phenoxy) is 1. The second-order valence-corrected chi connectivity index (χ2v) is 4.76. The van der Waals surface area contributed by atoms with Crippen molar-refractivity contribution in [3.63, 3.8) is 0 Å². The number of halogens is 5. The van der Waals surface area contributed by atoms with Crippen molar-refractivity contribution in [1.82, 2.24) is 15.6 Å². The molecule has 0 radical (unpaired) electrons. The fourth-order valence-electron chi connectivity index (χ4n) is 2.07. The normalized spacial score (nSPS) is 16.9. The Hall–Kier alpha value is -1.25. The number of rotatable bonds is 5. The summed E-state index contributed by atoms with van der Waals surface area (Å²) in [6.45, 7) is -0.145. The summed E-state index contributed by atoms with van der Waals surface area (Å²) < 4.78 is 41.1. The summed E-state index contributed by atoms with van der Waals surface area (Å²) in [5.74, 6) is -0.805. The van der Waals surface area contributed by atoms with Crippen molar-refractivity contribution in [2.75, 3.05) is 19.7 Å². The van der Waals surface area contributed by atoms with Crippen LogP contribution in [0.5, 0.6) is 5.88 Å². The van der Waals surface area contributed by atoms with Crippen molar-refractivity contribution in [3.8, 4) is 5.88 Å². The second-order valence-electron chi connectivity index (χ2n) is 4.76. The molecule has 1 fully saturated rings. The molecule has 1 amide bonds. The quantitative estimate of drug-likeness (QED) is 0.828. The number of amides is 1. The number of aromatic nitrogens is 1. The highest BCUT2D eigenvalue weighted by Gasteiger charge is 2.29. The predicted octanol–water partition coefficient (Wildman–Crippen LogP) is 2.35. The van der Waals surface area contributed by atoms with Gasteiger partial charge in [-0.25, -0.2) is 4.98 Å². The molecule has 1 atom stereocenters. The first-order valence-electron chi connectivity index (χ1n) is 6.62. The number of nitrogens with zero attached hydrogens (tertiary/aromatic N) is 1. The molecule has 5 nitrogen and oxygen atoms in total. The van der Waals surface area contributed by atoms with Gasteiger partial charge in [0.2, 0.25) is 5.88 Å². The zero-order chi connectivity index (χ0) is 15.3. The van der Waals surface area contributed by atoms with Crippen LogP contribution < -0.4 is 15.4 Å². The van der Waals surface area contributed by atoms with Crippen LogP contribution in [0.1, 0.15) is 23.2 Å². The van der Waals surface area contributed by atoms with Crippen LogP contribution in [0, 0.1) is 0 Å². The number of carbonyl (C=O) groups excluding carboxylic acids is 1. The lowest BCUT2D eigenvalue weighted by atomic mass is 10.2. The molecule has 1 unspecified atom stereocenters. The van der Waals surface area contributed by atoms with Crippen LogP contribution in [0.3, 0.4) is 0 Å². The van der Waals surface area contributed by atoms with Gasteiger partial charge in [0.15, 0.2) is 6.61 Å². The van der Waals surface area contributed by atoms with Crippen LogP contribution in [-0.4, -0.2) is 42.8 Å². The molecular weight excluding hydrogens is 358 g/mol. The first kappa shape index (κ1) is 21.8. The van der Waals surface area contributed by atoms with Gasteiger partial charge in [0.25, 0.3) is 5.91 Å². The minimum atomic E-state index is -4.47. The summed E-state index contributed by atoms with van der Waals surface area (Å²) in [4.78, 5) is 15.7. The van der Waals surface area contributed by atoms with E-state index in [0.717, 1.165) is 19.4 Å². The summed E-state index contributed by atoms with van der Waals surface area (Å²) in [6, 6.07) is 3.06. The third kappa shape index (κ3) is 7.24. The summed E-state index contributed by atoms with van der Waals surface area (Å²) >= 11 is 0. The maximum Gasteiger partial charge on any atom is 0.422 e. The van der Waals surface area contributed by atoms with Crippen LogP contribution in [0.4, 0.5) is 13.2 Å². The van der Waals surface area contributed by atoms with E-state index in [2.05, 4.69) is 20.4 Å². The van der Waals surface area contributed by atoms with Gasteiger partial charge in [-0.2, -0.15) is 13.2 Å². The van der Waals surface area contributed by atoms with E-state index >= 15 is 0 Å². The van der Waals surface area contributed by atoms with E-state index in [-0.39, 0.29) is 42.3 Å². The molecule has 0 bridgehead atoms. The van der Waals surface area contributed by atoms with Gasteiger partial charge in [-0.15, -0.1) is 24.8 Å². The van der Waals surface area contributed by atoms with Crippen molar-refractivity contribution in [2.24, 2.45) is 0 Å². The van der Waals surface area contributed by atoms with E-state index in [4.69, 9.17) is 0 Å². The molecule has 1 aromatic rings. The van der Waals surface area contributed by atoms with Crippen molar-refractivity contribution >= 4 is 30.7 Å². The van der Waals surface area contributed by atoms with Crippen molar-refractivity contribution < 1.29 is 22.7 Å². The van der Waals surface area contributed by atoms with Crippen LogP contribution in [0.25, 0.3) is 0 Å². The van der Waals surface area contributed by atoms with E-state index in [1.54, 1.807) is 0 Å². The molecule has 132 valence electrons. The lowest BCUT2D eigenvalue weighted by Crippen LogP contribution is -2.37. The molecule has 2 heterocycles. The van der Waals surface area contributed by atoms with Gasteiger partial charge in [0.05, 0.1) is 0 Å². The topological polar surface area (TPSA) is 63.2 Å². The molecule has 0 aliphatic carbocycles. The van der Waals surface area contributed by atoms with Crippen LogP contribution >= 0.6 is 24.8 Å². The lowest BCUT2D eigenvalue weighted by Gasteiger charge is -2.14.